The molecule has 1 N–H and O–H groups in total. The summed E-state index contributed by atoms with van der Waals surface area (Å²) >= 11 is 0. The van der Waals surface area contributed by atoms with Gasteiger partial charge < -0.3 is 5.32 Å². The molecule has 1 unspecified atom stereocenters. The molecule has 140 valence electrons. The van der Waals surface area contributed by atoms with Crippen molar-refractivity contribution in [1.29, 1.82) is 0 Å². The van der Waals surface area contributed by atoms with E-state index < -0.39 is 27.1 Å². The zero-order valence-corrected chi connectivity index (χ0v) is 14.8. The monoisotopic (exact) mass is 371 g/mol. The van der Waals surface area contributed by atoms with Gasteiger partial charge in [-0.3, -0.25) is 29.8 Å². The molecule has 1 aliphatic carbocycles. The van der Waals surface area contributed by atoms with E-state index in [1.807, 2.05) is 0 Å². The molecule has 1 aromatic carbocycles. The fourth-order valence-electron chi connectivity index (χ4n) is 3.81. The predicted octanol–water partition coefficient (Wildman–Crippen LogP) is 3.06. The van der Waals surface area contributed by atoms with E-state index in [9.17, 15) is 29.8 Å². The van der Waals surface area contributed by atoms with Crippen LogP contribution in [0.5, 0.6) is 0 Å². The second-order valence-corrected chi connectivity index (χ2v) is 6.58. The van der Waals surface area contributed by atoms with Crippen molar-refractivity contribution in [3.05, 3.63) is 66.5 Å². The first-order chi connectivity index (χ1) is 12.7. The molecule has 3 rings (SSSR count). The van der Waals surface area contributed by atoms with Crippen LogP contribution in [0.4, 0.5) is 11.4 Å². The van der Waals surface area contributed by atoms with Crippen molar-refractivity contribution in [1.82, 2.24) is 5.32 Å². The van der Waals surface area contributed by atoms with Crippen LogP contribution in [0.2, 0.25) is 0 Å². The summed E-state index contributed by atoms with van der Waals surface area (Å²) in [5.41, 5.74) is 1.01. The molecule has 0 amide bonds. The number of allylic oxidation sites excluding steroid dienone is 4. The second-order valence-electron chi connectivity index (χ2n) is 6.58. The number of nitro groups is 2. The van der Waals surface area contributed by atoms with Gasteiger partial charge in [-0.15, -0.1) is 0 Å². The first-order valence-electron chi connectivity index (χ1n) is 8.40. The number of non-ortho nitro benzene ring substituents is 1. The molecular formula is C18H17N3O6. The van der Waals surface area contributed by atoms with Crippen molar-refractivity contribution < 1.29 is 19.4 Å². The Bertz CT molecular complexity index is 960. The maximum Gasteiger partial charge on any atom is 0.280 e. The van der Waals surface area contributed by atoms with Crippen LogP contribution < -0.4 is 5.32 Å². The summed E-state index contributed by atoms with van der Waals surface area (Å²) < 4.78 is 0. The Balaban J connectivity index is 2.30. The van der Waals surface area contributed by atoms with Gasteiger partial charge in [-0.25, -0.2) is 0 Å². The Morgan fingerprint density at radius 1 is 1.19 bits per heavy atom. The Hall–Kier alpha value is -3.36. The van der Waals surface area contributed by atoms with Crippen molar-refractivity contribution in [2.45, 2.75) is 39.0 Å². The Labute approximate surface area is 154 Å². The van der Waals surface area contributed by atoms with Gasteiger partial charge in [0.25, 0.3) is 11.4 Å². The number of benzene rings is 1. The van der Waals surface area contributed by atoms with Crippen molar-refractivity contribution in [3.8, 4) is 0 Å². The number of nitrogens with zero attached hydrogens (tertiary/aromatic N) is 2. The number of nitrogens with one attached hydrogen (secondary N) is 1. The van der Waals surface area contributed by atoms with Gasteiger partial charge >= 0.3 is 0 Å². The molecule has 27 heavy (non-hydrogen) atoms. The second kappa shape index (κ2) is 6.75. The lowest BCUT2D eigenvalue weighted by atomic mass is 9.74. The van der Waals surface area contributed by atoms with E-state index in [0.717, 1.165) is 12.1 Å². The minimum atomic E-state index is -0.909. The summed E-state index contributed by atoms with van der Waals surface area (Å²) in [6.07, 6.45) is 1.55. The quantitative estimate of drug-likeness (QED) is 0.635. The molecule has 1 aliphatic heterocycles. The molecule has 0 saturated carbocycles. The molecule has 1 aromatic rings. The minimum Gasteiger partial charge on any atom is -0.362 e. The highest BCUT2D eigenvalue weighted by Gasteiger charge is 2.40. The zero-order valence-electron chi connectivity index (χ0n) is 14.8. The van der Waals surface area contributed by atoms with Gasteiger partial charge in [-0.05, 0) is 32.8 Å². The lowest BCUT2D eigenvalue weighted by molar-refractivity contribution is -0.394. The van der Waals surface area contributed by atoms with Crippen molar-refractivity contribution in [2.75, 3.05) is 0 Å². The van der Waals surface area contributed by atoms with E-state index in [0.29, 0.717) is 36.2 Å². The molecule has 0 bridgehead atoms. The lowest BCUT2D eigenvalue weighted by Gasteiger charge is -2.34. The van der Waals surface area contributed by atoms with Crippen LogP contribution in [-0.4, -0.2) is 21.4 Å². The number of rotatable bonds is 4. The van der Waals surface area contributed by atoms with Crippen LogP contribution in [0, 0.1) is 20.2 Å². The number of nitro benzene ring substituents is 2. The highest BCUT2D eigenvalue weighted by atomic mass is 16.6. The number of carbonyl (C=O) groups is 2. The molecule has 0 aromatic heterocycles. The topological polar surface area (TPSA) is 132 Å². The van der Waals surface area contributed by atoms with Gasteiger partial charge in [0, 0.05) is 40.6 Å². The largest absolute Gasteiger partial charge is 0.362 e. The maximum atomic E-state index is 12.6. The van der Waals surface area contributed by atoms with E-state index in [-0.39, 0.29) is 22.7 Å². The normalized spacial score (nSPS) is 19.5. The number of Topliss-reactive ketones (excluding diaryl/α,β-unsaturated/α-hetero) is 2. The smallest absolute Gasteiger partial charge is 0.280 e. The average molecular weight is 371 g/mol. The van der Waals surface area contributed by atoms with Crippen LogP contribution in [0.15, 0.2) is 40.7 Å². The summed E-state index contributed by atoms with van der Waals surface area (Å²) in [6, 6.07) is 3.30. The lowest BCUT2D eigenvalue weighted by Crippen LogP contribution is -2.33. The summed E-state index contributed by atoms with van der Waals surface area (Å²) in [5.74, 6) is -1.40. The van der Waals surface area contributed by atoms with Gasteiger partial charge in [0.2, 0.25) is 0 Å². The van der Waals surface area contributed by atoms with Gasteiger partial charge in [-0.2, -0.15) is 0 Å². The zero-order chi connectivity index (χ0) is 19.9. The summed E-state index contributed by atoms with van der Waals surface area (Å²) in [7, 11) is 0. The van der Waals surface area contributed by atoms with Crippen LogP contribution in [0.3, 0.4) is 0 Å². The van der Waals surface area contributed by atoms with Crippen LogP contribution in [-0.2, 0) is 9.59 Å². The van der Waals surface area contributed by atoms with E-state index >= 15 is 0 Å². The summed E-state index contributed by atoms with van der Waals surface area (Å²) in [6.45, 7) is 3.02. The molecule has 0 spiro atoms. The standard InChI is InChI=1S/C18H17N3O6/c1-9-16(10(2)22)17(18-13(19-9)4-3-5-15(18)23)12-7-6-11(20(24)25)8-14(12)21(26)27/h6-8,17,19H,3-5H2,1-2H3. The Kier molecular flexibility index (Phi) is 4.61. The molecule has 0 saturated heterocycles. The number of ketones is 2. The van der Waals surface area contributed by atoms with Crippen LogP contribution >= 0.6 is 0 Å². The van der Waals surface area contributed by atoms with E-state index in [1.54, 1.807) is 6.92 Å². The Morgan fingerprint density at radius 3 is 2.48 bits per heavy atom. The first kappa shape index (κ1) is 18.4. The van der Waals surface area contributed by atoms with Crippen LogP contribution in [0.25, 0.3) is 0 Å². The molecule has 9 nitrogen and oxygen atoms in total. The molecule has 0 radical (unpaired) electrons. The highest BCUT2D eigenvalue weighted by molar-refractivity contribution is 6.05. The van der Waals surface area contributed by atoms with E-state index in [2.05, 4.69) is 5.32 Å². The molecule has 9 heteroatoms. The van der Waals surface area contributed by atoms with Crippen molar-refractivity contribution >= 4 is 22.9 Å². The van der Waals surface area contributed by atoms with Gasteiger partial charge in [0.1, 0.15) is 0 Å². The Morgan fingerprint density at radius 2 is 1.89 bits per heavy atom. The molecule has 2 aliphatic rings. The average Bonchev–Trinajstić information content (AvgIpc) is 2.59. The number of dihydropyridines is 1. The summed E-state index contributed by atoms with van der Waals surface area (Å²) in [5, 5.41) is 25.7. The molecular weight excluding hydrogens is 354 g/mol. The maximum absolute atomic E-state index is 12.6. The van der Waals surface area contributed by atoms with Crippen molar-refractivity contribution in [3.63, 3.8) is 0 Å². The van der Waals surface area contributed by atoms with Gasteiger partial charge in [-0.1, -0.05) is 0 Å². The number of carbonyl (C=O) groups excluding carboxylic acids is 2. The van der Waals surface area contributed by atoms with E-state index in [1.165, 1.54) is 13.0 Å². The number of hydrogen-bond donors (Lipinski definition) is 1. The highest BCUT2D eigenvalue weighted by Crippen LogP contribution is 2.45. The third-order valence-corrected chi connectivity index (χ3v) is 4.89. The van der Waals surface area contributed by atoms with Gasteiger partial charge in [0.15, 0.2) is 11.6 Å². The molecule has 1 heterocycles. The fourth-order valence-corrected chi connectivity index (χ4v) is 3.81. The minimum absolute atomic E-state index is 0.111. The van der Waals surface area contributed by atoms with Crippen molar-refractivity contribution in [2.24, 2.45) is 0 Å². The fraction of sp³-hybridized carbons (Fsp3) is 0.333. The first-order valence-corrected chi connectivity index (χ1v) is 8.40. The van der Waals surface area contributed by atoms with E-state index in [4.69, 9.17) is 0 Å². The third-order valence-electron chi connectivity index (χ3n) is 4.89. The SMILES string of the molecule is CC(=O)C1=C(C)NC2=C(C(=O)CCC2)C1c1ccc([N+](=O)[O-])cc1[N+](=O)[O-]. The summed E-state index contributed by atoms with van der Waals surface area (Å²) in [4.78, 5) is 46.1. The molecule has 0 fully saturated rings. The third kappa shape index (κ3) is 3.12. The molecule has 1 atom stereocenters. The van der Waals surface area contributed by atoms with Crippen LogP contribution in [0.1, 0.15) is 44.6 Å². The number of hydrogen-bond acceptors (Lipinski definition) is 7. The van der Waals surface area contributed by atoms with Gasteiger partial charge in [0.05, 0.1) is 21.8 Å². The predicted molar refractivity (Wildman–Crippen MR) is 94.9 cm³/mol.